The maximum atomic E-state index is 6.16. The fourth-order valence-corrected chi connectivity index (χ4v) is 1.77. The Bertz CT molecular complexity index is 508. The van der Waals surface area contributed by atoms with Gasteiger partial charge in [0.1, 0.15) is 17.3 Å². The molecule has 1 unspecified atom stereocenters. The van der Waals surface area contributed by atoms with Gasteiger partial charge in [-0.1, -0.05) is 6.92 Å². The molecule has 0 fully saturated rings. The summed E-state index contributed by atoms with van der Waals surface area (Å²) in [5.74, 6) is 2.42. The molecule has 2 aromatic heterocycles. The Labute approximate surface area is 107 Å². The minimum Gasteiger partial charge on any atom is -0.492 e. The molecule has 0 saturated heterocycles. The lowest BCUT2D eigenvalue weighted by Crippen LogP contribution is -2.11. The number of aryl methyl sites for hydroxylation is 1. The number of hydrogen-bond donors (Lipinski definition) is 1. The van der Waals surface area contributed by atoms with Crippen LogP contribution in [0.15, 0.2) is 35.0 Å². The smallest absolute Gasteiger partial charge is 0.137 e. The summed E-state index contributed by atoms with van der Waals surface area (Å²) in [5.41, 5.74) is 7.05. The van der Waals surface area contributed by atoms with Gasteiger partial charge >= 0.3 is 0 Å². The van der Waals surface area contributed by atoms with Crippen molar-refractivity contribution >= 4 is 0 Å². The summed E-state index contributed by atoms with van der Waals surface area (Å²) >= 11 is 0. The van der Waals surface area contributed by atoms with E-state index in [2.05, 4.69) is 4.98 Å². The summed E-state index contributed by atoms with van der Waals surface area (Å²) < 4.78 is 11.1. The fourth-order valence-electron chi connectivity index (χ4n) is 1.77. The minimum absolute atomic E-state index is 0.307. The van der Waals surface area contributed by atoms with Crippen molar-refractivity contribution in [3.63, 3.8) is 0 Å². The number of nitrogens with two attached hydrogens (primary N) is 1. The molecular formula is C14H18N2O2. The van der Waals surface area contributed by atoms with Crippen molar-refractivity contribution in [2.75, 3.05) is 6.61 Å². The van der Waals surface area contributed by atoms with Crippen LogP contribution in [-0.4, -0.2) is 11.6 Å². The number of aromatic nitrogens is 1. The molecule has 4 heteroatoms. The van der Waals surface area contributed by atoms with Gasteiger partial charge in [-0.25, -0.2) is 0 Å². The van der Waals surface area contributed by atoms with Crippen LogP contribution in [0.4, 0.5) is 0 Å². The SMILES string of the molecule is CCOc1cncc(C(N)c2ccc(CC)o2)c1. The average Bonchev–Trinajstić information content (AvgIpc) is 2.87. The van der Waals surface area contributed by atoms with Crippen molar-refractivity contribution < 1.29 is 9.15 Å². The first-order valence-corrected chi connectivity index (χ1v) is 6.16. The third-order valence-electron chi connectivity index (χ3n) is 2.74. The Morgan fingerprint density at radius 2 is 2.17 bits per heavy atom. The Hall–Kier alpha value is -1.81. The van der Waals surface area contributed by atoms with E-state index in [0.717, 1.165) is 29.3 Å². The molecule has 2 aromatic rings. The zero-order valence-corrected chi connectivity index (χ0v) is 10.7. The molecule has 0 amide bonds. The monoisotopic (exact) mass is 246 g/mol. The Morgan fingerprint density at radius 1 is 1.33 bits per heavy atom. The second-order valence-corrected chi connectivity index (χ2v) is 4.02. The van der Waals surface area contributed by atoms with Crippen LogP contribution in [0, 0.1) is 0 Å². The van der Waals surface area contributed by atoms with Crippen molar-refractivity contribution in [3.8, 4) is 5.75 Å². The first kappa shape index (κ1) is 12.6. The van der Waals surface area contributed by atoms with Crippen molar-refractivity contribution in [3.05, 3.63) is 47.7 Å². The molecule has 18 heavy (non-hydrogen) atoms. The third-order valence-corrected chi connectivity index (χ3v) is 2.74. The van der Waals surface area contributed by atoms with Gasteiger partial charge in [-0.05, 0) is 30.7 Å². The average molecular weight is 246 g/mol. The summed E-state index contributed by atoms with van der Waals surface area (Å²) in [7, 11) is 0. The highest BCUT2D eigenvalue weighted by atomic mass is 16.5. The standard InChI is InChI=1S/C14H18N2O2/c1-3-11-5-6-13(18-11)14(15)10-7-12(17-4-2)9-16-8-10/h5-9,14H,3-4,15H2,1-2H3. The predicted molar refractivity (Wildman–Crippen MR) is 69.5 cm³/mol. The number of nitrogens with zero attached hydrogens (tertiary/aromatic N) is 1. The van der Waals surface area contributed by atoms with Crippen molar-refractivity contribution in [1.29, 1.82) is 0 Å². The molecular weight excluding hydrogens is 228 g/mol. The molecule has 0 aromatic carbocycles. The molecule has 0 radical (unpaired) electrons. The molecule has 2 rings (SSSR count). The van der Waals surface area contributed by atoms with Crippen LogP contribution in [0.3, 0.4) is 0 Å². The lowest BCUT2D eigenvalue weighted by Gasteiger charge is -2.10. The first-order valence-electron chi connectivity index (χ1n) is 6.16. The van der Waals surface area contributed by atoms with Crippen LogP contribution >= 0.6 is 0 Å². The molecule has 0 saturated carbocycles. The van der Waals surface area contributed by atoms with E-state index in [4.69, 9.17) is 14.9 Å². The Morgan fingerprint density at radius 3 is 2.83 bits per heavy atom. The highest BCUT2D eigenvalue weighted by Gasteiger charge is 2.14. The van der Waals surface area contributed by atoms with Crippen molar-refractivity contribution in [2.24, 2.45) is 5.73 Å². The normalized spacial score (nSPS) is 12.4. The largest absolute Gasteiger partial charge is 0.492 e. The van der Waals surface area contributed by atoms with Gasteiger partial charge in [-0.2, -0.15) is 0 Å². The van der Waals surface area contributed by atoms with Crippen LogP contribution < -0.4 is 10.5 Å². The molecule has 0 spiro atoms. The second-order valence-electron chi connectivity index (χ2n) is 4.02. The zero-order chi connectivity index (χ0) is 13.0. The summed E-state index contributed by atoms with van der Waals surface area (Å²) in [6.45, 7) is 4.60. The topological polar surface area (TPSA) is 61.3 Å². The molecule has 0 aliphatic rings. The van der Waals surface area contributed by atoms with Crippen molar-refractivity contribution in [1.82, 2.24) is 4.98 Å². The fraction of sp³-hybridized carbons (Fsp3) is 0.357. The van der Waals surface area contributed by atoms with E-state index in [0.29, 0.717) is 6.61 Å². The molecule has 0 aliphatic heterocycles. The van der Waals surface area contributed by atoms with E-state index >= 15 is 0 Å². The molecule has 96 valence electrons. The zero-order valence-electron chi connectivity index (χ0n) is 10.7. The van der Waals surface area contributed by atoms with Gasteiger partial charge in [0.05, 0.1) is 18.8 Å². The van der Waals surface area contributed by atoms with Gasteiger partial charge in [0.25, 0.3) is 0 Å². The predicted octanol–water partition coefficient (Wildman–Crippen LogP) is 2.68. The third kappa shape index (κ3) is 2.71. The summed E-state index contributed by atoms with van der Waals surface area (Å²) in [4.78, 5) is 4.13. The van der Waals surface area contributed by atoms with Crippen LogP contribution in [0.2, 0.25) is 0 Å². The lowest BCUT2D eigenvalue weighted by molar-refractivity contribution is 0.338. The van der Waals surface area contributed by atoms with Gasteiger partial charge in [0.15, 0.2) is 0 Å². The summed E-state index contributed by atoms with van der Waals surface area (Å²) in [6, 6.07) is 5.46. The van der Waals surface area contributed by atoms with E-state index in [9.17, 15) is 0 Å². The molecule has 0 aliphatic carbocycles. The Balaban J connectivity index is 2.21. The van der Waals surface area contributed by atoms with Gasteiger partial charge in [-0.3, -0.25) is 4.98 Å². The van der Waals surface area contributed by atoms with E-state index in [1.807, 2.05) is 32.0 Å². The maximum absolute atomic E-state index is 6.16. The van der Waals surface area contributed by atoms with E-state index < -0.39 is 0 Å². The van der Waals surface area contributed by atoms with Crippen LogP contribution in [0.25, 0.3) is 0 Å². The molecule has 2 N–H and O–H groups in total. The summed E-state index contributed by atoms with van der Waals surface area (Å²) in [5, 5.41) is 0. The minimum atomic E-state index is -0.307. The number of furan rings is 1. The highest BCUT2D eigenvalue weighted by molar-refractivity contribution is 5.30. The van der Waals surface area contributed by atoms with Crippen LogP contribution in [0.5, 0.6) is 5.75 Å². The quantitative estimate of drug-likeness (QED) is 0.881. The van der Waals surface area contributed by atoms with E-state index in [1.165, 1.54) is 0 Å². The van der Waals surface area contributed by atoms with Gasteiger partial charge in [0.2, 0.25) is 0 Å². The number of rotatable bonds is 5. The van der Waals surface area contributed by atoms with Gasteiger partial charge < -0.3 is 14.9 Å². The van der Waals surface area contributed by atoms with E-state index in [-0.39, 0.29) is 6.04 Å². The summed E-state index contributed by atoms with van der Waals surface area (Å²) in [6.07, 6.45) is 4.28. The second kappa shape index (κ2) is 5.69. The highest BCUT2D eigenvalue weighted by Crippen LogP contribution is 2.24. The molecule has 4 nitrogen and oxygen atoms in total. The van der Waals surface area contributed by atoms with Crippen molar-refractivity contribution in [2.45, 2.75) is 26.3 Å². The molecule has 1 atom stereocenters. The van der Waals surface area contributed by atoms with Crippen LogP contribution in [-0.2, 0) is 6.42 Å². The van der Waals surface area contributed by atoms with Gasteiger partial charge in [0, 0.05) is 12.6 Å². The van der Waals surface area contributed by atoms with Crippen LogP contribution in [0.1, 0.15) is 37.0 Å². The van der Waals surface area contributed by atoms with E-state index in [1.54, 1.807) is 12.4 Å². The molecule has 0 bridgehead atoms. The first-order chi connectivity index (χ1) is 8.74. The maximum Gasteiger partial charge on any atom is 0.137 e. The number of ether oxygens (including phenoxy) is 1. The van der Waals surface area contributed by atoms with Gasteiger partial charge in [-0.15, -0.1) is 0 Å². The molecule has 2 heterocycles. The lowest BCUT2D eigenvalue weighted by atomic mass is 10.1. The Kier molecular flexibility index (Phi) is 3.99. The number of pyridine rings is 1. The number of hydrogen-bond acceptors (Lipinski definition) is 4.